The second kappa shape index (κ2) is 5.40. The molecule has 0 saturated heterocycles. The molecule has 1 unspecified atom stereocenters. The Labute approximate surface area is 109 Å². The third-order valence-electron chi connectivity index (χ3n) is 3.33. The van der Waals surface area contributed by atoms with Gasteiger partial charge in [-0.1, -0.05) is 38.1 Å². The number of rotatable bonds is 4. The quantitative estimate of drug-likeness (QED) is 0.871. The minimum Gasteiger partial charge on any atom is -0.346 e. The van der Waals surface area contributed by atoms with E-state index in [9.17, 15) is 0 Å². The molecule has 1 aromatic carbocycles. The van der Waals surface area contributed by atoms with Crippen LogP contribution in [0, 0.1) is 0 Å². The number of hydrogen-bond donors (Lipinski definition) is 1. The van der Waals surface area contributed by atoms with Crippen molar-refractivity contribution in [3.8, 4) is 0 Å². The highest BCUT2D eigenvalue weighted by Crippen LogP contribution is 2.17. The predicted molar refractivity (Wildman–Crippen MR) is 76.7 cm³/mol. The van der Waals surface area contributed by atoms with Crippen LogP contribution in [0.15, 0.2) is 42.6 Å². The van der Waals surface area contributed by atoms with Crippen LogP contribution < -0.4 is 5.73 Å². The first-order valence-corrected chi connectivity index (χ1v) is 6.57. The summed E-state index contributed by atoms with van der Waals surface area (Å²) < 4.78 is 2.22. The number of hydrogen-bond acceptors (Lipinski definition) is 1. The van der Waals surface area contributed by atoms with E-state index in [1.54, 1.807) is 0 Å². The van der Waals surface area contributed by atoms with Crippen molar-refractivity contribution in [2.45, 2.75) is 39.3 Å². The summed E-state index contributed by atoms with van der Waals surface area (Å²) in [7, 11) is 0. The maximum atomic E-state index is 5.96. The summed E-state index contributed by atoms with van der Waals surface area (Å²) in [5.74, 6) is 0.588. The zero-order valence-corrected chi connectivity index (χ0v) is 11.4. The Bertz CT molecular complexity index is 492. The lowest BCUT2D eigenvalue weighted by molar-refractivity contribution is 0.675. The standard InChI is InChI=1S/C16H22N2/c1-12(2)15-8-6-14(7-9-15)11-18-10-4-5-16(18)13(3)17/h4-10,12-13H,11,17H2,1-3H3. The van der Waals surface area contributed by atoms with Gasteiger partial charge in [0, 0.05) is 24.5 Å². The van der Waals surface area contributed by atoms with Gasteiger partial charge in [-0.15, -0.1) is 0 Å². The van der Waals surface area contributed by atoms with Gasteiger partial charge in [0.05, 0.1) is 0 Å². The van der Waals surface area contributed by atoms with E-state index in [1.165, 1.54) is 16.8 Å². The first-order valence-electron chi connectivity index (χ1n) is 6.57. The summed E-state index contributed by atoms with van der Waals surface area (Å²) in [5, 5.41) is 0. The van der Waals surface area contributed by atoms with Crippen molar-refractivity contribution in [2.24, 2.45) is 5.73 Å². The molecule has 0 spiro atoms. The maximum absolute atomic E-state index is 5.96. The highest BCUT2D eigenvalue weighted by Gasteiger charge is 2.06. The lowest BCUT2D eigenvalue weighted by atomic mass is 10.0. The summed E-state index contributed by atoms with van der Waals surface area (Å²) in [4.78, 5) is 0. The van der Waals surface area contributed by atoms with Crippen LogP contribution in [0.2, 0.25) is 0 Å². The third-order valence-corrected chi connectivity index (χ3v) is 3.33. The number of benzene rings is 1. The van der Waals surface area contributed by atoms with E-state index in [0.29, 0.717) is 5.92 Å². The molecule has 2 heteroatoms. The Morgan fingerprint density at radius 3 is 2.28 bits per heavy atom. The van der Waals surface area contributed by atoms with Crippen LogP contribution in [-0.4, -0.2) is 4.57 Å². The van der Waals surface area contributed by atoms with Crippen LogP contribution in [0.4, 0.5) is 0 Å². The molecule has 2 nitrogen and oxygen atoms in total. The lowest BCUT2D eigenvalue weighted by Crippen LogP contribution is -2.12. The van der Waals surface area contributed by atoms with Gasteiger partial charge in [-0.05, 0) is 36.1 Å². The molecule has 1 atom stereocenters. The molecule has 0 aliphatic heterocycles. The molecule has 0 saturated carbocycles. The summed E-state index contributed by atoms with van der Waals surface area (Å²) in [6.45, 7) is 7.35. The van der Waals surface area contributed by atoms with E-state index in [2.05, 4.69) is 61.0 Å². The molecular formula is C16H22N2. The van der Waals surface area contributed by atoms with Crippen LogP contribution in [0.5, 0.6) is 0 Å². The highest BCUT2D eigenvalue weighted by molar-refractivity contribution is 5.25. The molecule has 0 aliphatic rings. The Balaban J connectivity index is 2.16. The molecule has 96 valence electrons. The highest BCUT2D eigenvalue weighted by atomic mass is 15.0. The molecule has 18 heavy (non-hydrogen) atoms. The van der Waals surface area contributed by atoms with Gasteiger partial charge in [-0.25, -0.2) is 0 Å². The van der Waals surface area contributed by atoms with Crippen LogP contribution in [0.25, 0.3) is 0 Å². The average Bonchev–Trinajstić information content (AvgIpc) is 2.78. The number of nitrogens with zero attached hydrogens (tertiary/aromatic N) is 1. The van der Waals surface area contributed by atoms with Crippen molar-refractivity contribution >= 4 is 0 Å². The zero-order chi connectivity index (χ0) is 13.1. The van der Waals surface area contributed by atoms with Crippen molar-refractivity contribution in [3.63, 3.8) is 0 Å². The summed E-state index contributed by atoms with van der Waals surface area (Å²) in [6, 6.07) is 13.1. The normalized spacial score (nSPS) is 12.9. The molecule has 2 rings (SSSR count). The third kappa shape index (κ3) is 2.82. The van der Waals surface area contributed by atoms with Crippen molar-refractivity contribution < 1.29 is 0 Å². The molecule has 0 aliphatic carbocycles. The van der Waals surface area contributed by atoms with Crippen LogP contribution in [0.3, 0.4) is 0 Å². The van der Waals surface area contributed by atoms with Crippen molar-refractivity contribution in [1.82, 2.24) is 4.57 Å². The Hall–Kier alpha value is -1.54. The minimum absolute atomic E-state index is 0.0786. The van der Waals surface area contributed by atoms with Crippen molar-refractivity contribution in [2.75, 3.05) is 0 Å². The van der Waals surface area contributed by atoms with E-state index >= 15 is 0 Å². The lowest BCUT2D eigenvalue weighted by Gasteiger charge is -2.13. The maximum Gasteiger partial charge on any atom is 0.0473 e. The fourth-order valence-electron chi connectivity index (χ4n) is 2.19. The molecule has 2 aromatic rings. The SMILES string of the molecule is CC(C)c1ccc(Cn2cccc2C(C)N)cc1. The zero-order valence-electron chi connectivity index (χ0n) is 11.4. The van der Waals surface area contributed by atoms with Gasteiger partial charge in [0.25, 0.3) is 0 Å². The monoisotopic (exact) mass is 242 g/mol. The second-order valence-corrected chi connectivity index (χ2v) is 5.25. The van der Waals surface area contributed by atoms with Gasteiger partial charge >= 0.3 is 0 Å². The topological polar surface area (TPSA) is 30.9 Å². The van der Waals surface area contributed by atoms with Crippen LogP contribution >= 0.6 is 0 Å². The molecule has 2 N–H and O–H groups in total. The van der Waals surface area contributed by atoms with E-state index in [1.807, 2.05) is 6.92 Å². The van der Waals surface area contributed by atoms with Crippen molar-refractivity contribution in [1.29, 1.82) is 0 Å². The fraction of sp³-hybridized carbons (Fsp3) is 0.375. The van der Waals surface area contributed by atoms with Crippen LogP contribution in [-0.2, 0) is 6.54 Å². The van der Waals surface area contributed by atoms with Gasteiger partial charge in [0.1, 0.15) is 0 Å². The number of nitrogens with two attached hydrogens (primary N) is 1. The van der Waals surface area contributed by atoms with Gasteiger partial charge in [0.15, 0.2) is 0 Å². The first-order chi connectivity index (χ1) is 8.58. The van der Waals surface area contributed by atoms with Gasteiger partial charge < -0.3 is 10.3 Å². The smallest absolute Gasteiger partial charge is 0.0473 e. The average molecular weight is 242 g/mol. The van der Waals surface area contributed by atoms with E-state index in [0.717, 1.165) is 6.54 Å². The van der Waals surface area contributed by atoms with E-state index in [-0.39, 0.29) is 6.04 Å². The molecular weight excluding hydrogens is 220 g/mol. The van der Waals surface area contributed by atoms with Crippen molar-refractivity contribution in [3.05, 3.63) is 59.4 Å². The molecule has 1 heterocycles. The molecule has 0 radical (unpaired) electrons. The van der Waals surface area contributed by atoms with Crippen LogP contribution in [0.1, 0.15) is 49.6 Å². The molecule has 1 aromatic heterocycles. The summed E-state index contributed by atoms with van der Waals surface area (Å²) in [6.07, 6.45) is 2.09. The molecule has 0 amide bonds. The Kier molecular flexibility index (Phi) is 3.87. The van der Waals surface area contributed by atoms with E-state index in [4.69, 9.17) is 5.73 Å². The molecule has 0 fully saturated rings. The molecule has 0 bridgehead atoms. The minimum atomic E-state index is 0.0786. The Morgan fingerprint density at radius 2 is 1.72 bits per heavy atom. The summed E-state index contributed by atoms with van der Waals surface area (Å²) >= 11 is 0. The Morgan fingerprint density at radius 1 is 1.06 bits per heavy atom. The first kappa shape index (κ1) is 12.9. The van der Waals surface area contributed by atoms with E-state index < -0.39 is 0 Å². The van der Waals surface area contributed by atoms with Gasteiger partial charge in [-0.2, -0.15) is 0 Å². The number of aromatic nitrogens is 1. The predicted octanol–water partition coefficient (Wildman–Crippen LogP) is 3.68. The second-order valence-electron chi connectivity index (χ2n) is 5.25. The van der Waals surface area contributed by atoms with Gasteiger partial charge in [0.2, 0.25) is 0 Å². The summed E-state index contributed by atoms with van der Waals surface area (Å²) in [5.41, 5.74) is 9.84. The largest absolute Gasteiger partial charge is 0.346 e. The van der Waals surface area contributed by atoms with Gasteiger partial charge in [-0.3, -0.25) is 0 Å². The fourth-order valence-corrected chi connectivity index (χ4v) is 2.19.